The minimum absolute atomic E-state index is 0.299. The summed E-state index contributed by atoms with van der Waals surface area (Å²) in [6, 6.07) is 7.50. The Labute approximate surface area is 97.3 Å². The molecule has 0 aliphatic heterocycles. The first-order valence-corrected chi connectivity index (χ1v) is 5.46. The first-order valence-electron chi connectivity index (χ1n) is 5.46. The Morgan fingerprint density at radius 3 is 2.62 bits per heavy atom. The maximum atomic E-state index is 8.96. The van der Waals surface area contributed by atoms with Crippen LogP contribution in [0.25, 0.3) is 0 Å². The molecule has 1 aromatic rings. The Morgan fingerprint density at radius 1 is 1.38 bits per heavy atom. The van der Waals surface area contributed by atoms with Crippen molar-refractivity contribution in [1.82, 2.24) is 0 Å². The summed E-state index contributed by atoms with van der Waals surface area (Å²) in [7, 11) is 0. The molecule has 0 saturated heterocycles. The van der Waals surface area contributed by atoms with Crippen molar-refractivity contribution in [2.75, 3.05) is 17.6 Å². The summed E-state index contributed by atoms with van der Waals surface area (Å²) in [6.07, 6.45) is 1.06. The molecule has 0 amide bonds. The van der Waals surface area contributed by atoms with Gasteiger partial charge in [-0.2, -0.15) is 5.26 Å². The average molecular weight is 217 g/mol. The van der Waals surface area contributed by atoms with Crippen LogP contribution in [-0.2, 0) is 0 Å². The fourth-order valence-corrected chi connectivity index (χ4v) is 1.38. The van der Waals surface area contributed by atoms with Crippen LogP contribution in [0.2, 0.25) is 0 Å². The van der Waals surface area contributed by atoms with Gasteiger partial charge in [-0.05, 0) is 30.0 Å². The number of nitrogens with one attached hydrogen (secondary N) is 1. The second-order valence-electron chi connectivity index (χ2n) is 5.15. The highest BCUT2D eigenvalue weighted by atomic mass is 14.9. The number of hydrogen-bond donors (Lipinski definition) is 2. The Balaban J connectivity index is 2.65. The van der Waals surface area contributed by atoms with Gasteiger partial charge in [0.25, 0.3) is 0 Å². The van der Waals surface area contributed by atoms with E-state index < -0.39 is 0 Å². The number of benzene rings is 1. The first kappa shape index (κ1) is 12.4. The molecule has 0 aliphatic carbocycles. The molecule has 0 aromatic heterocycles. The second-order valence-corrected chi connectivity index (χ2v) is 5.15. The molecule has 3 N–H and O–H groups in total. The molecule has 16 heavy (non-hydrogen) atoms. The summed E-state index contributed by atoms with van der Waals surface area (Å²) in [4.78, 5) is 0. The third kappa shape index (κ3) is 3.82. The summed E-state index contributed by atoms with van der Waals surface area (Å²) in [6.45, 7) is 7.46. The van der Waals surface area contributed by atoms with Crippen molar-refractivity contribution in [2.24, 2.45) is 5.41 Å². The topological polar surface area (TPSA) is 61.8 Å². The Bertz CT molecular complexity index is 397. The van der Waals surface area contributed by atoms with Crippen LogP contribution in [0.1, 0.15) is 32.8 Å². The van der Waals surface area contributed by atoms with Gasteiger partial charge in [-0.25, -0.2) is 0 Å². The second kappa shape index (κ2) is 4.89. The molecule has 0 aliphatic rings. The maximum absolute atomic E-state index is 8.96. The predicted octanol–water partition coefficient (Wildman–Crippen LogP) is 2.99. The first-order chi connectivity index (χ1) is 7.42. The summed E-state index contributed by atoms with van der Waals surface area (Å²) >= 11 is 0. The van der Waals surface area contributed by atoms with Gasteiger partial charge in [-0.15, -0.1) is 0 Å². The van der Waals surface area contributed by atoms with Gasteiger partial charge in [0.2, 0.25) is 0 Å². The van der Waals surface area contributed by atoms with Crippen LogP contribution < -0.4 is 11.1 Å². The van der Waals surface area contributed by atoms with Crippen molar-refractivity contribution in [3.05, 3.63) is 23.8 Å². The minimum Gasteiger partial charge on any atom is -0.399 e. The highest BCUT2D eigenvalue weighted by Crippen LogP contribution is 2.21. The molecule has 0 saturated carbocycles. The molecule has 1 aromatic carbocycles. The lowest BCUT2D eigenvalue weighted by atomic mass is 9.92. The molecule has 0 fully saturated rings. The van der Waals surface area contributed by atoms with Crippen LogP contribution in [-0.4, -0.2) is 6.54 Å². The monoisotopic (exact) mass is 217 g/mol. The average Bonchev–Trinajstić information content (AvgIpc) is 2.18. The third-order valence-electron chi connectivity index (χ3n) is 2.35. The van der Waals surface area contributed by atoms with Gasteiger partial charge in [0.1, 0.15) is 6.07 Å². The van der Waals surface area contributed by atoms with Crippen LogP contribution >= 0.6 is 0 Å². The molecule has 0 bridgehead atoms. The lowest BCUT2D eigenvalue weighted by Gasteiger charge is -2.18. The van der Waals surface area contributed by atoms with Crippen LogP contribution in [0.15, 0.2) is 18.2 Å². The van der Waals surface area contributed by atoms with Crippen LogP contribution in [0.4, 0.5) is 11.4 Å². The normalized spacial score (nSPS) is 10.9. The highest BCUT2D eigenvalue weighted by molar-refractivity contribution is 5.62. The Hall–Kier alpha value is -1.69. The molecular formula is C13H19N3. The number of nitrogens with zero attached hydrogens (tertiary/aromatic N) is 1. The van der Waals surface area contributed by atoms with E-state index in [-0.39, 0.29) is 0 Å². The molecule has 0 heterocycles. The van der Waals surface area contributed by atoms with E-state index in [1.54, 1.807) is 12.1 Å². The van der Waals surface area contributed by atoms with Crippen molar-refractivity contribution >= 4 is 11.4 Å². The van der Waals surface area contributed by atoms with E-state index >= 15 is 0 Å². The summed E-state index contributed by atoms with van der Waals surface area (Å²) < 4.78 is 0. The number of nitriles is 1. The fraction of sp³-hybridized carbons (Fsp3) is 0.462. The lowest BCUT2D eigenvalue weighted by Crippen LogP contribution is -2.13. The number of nitrogens with two attached hydrogens (primary N) is 1. The molecule has 0 atom stereocenters. The Morgan fingerprint density at radius 2 is 2.06 bits per heavy atom. The van der Waals surface area contributed by atoms with Gasteiger partial charge >= 0.3 is 0 Å². The van der Waals surface area contributed by atoms with E-state index in [2.05, 4.69) is 32.2 Å². The SMILES string of the molecule is CC(C)(C)CCNc1ccc(N)cc1C#N. The Kier molecular flexibility index (Phi) is 3.78. The zero-order chi connectivity index (χ0) is 12.2. The molecule has 0 unspecified atom stereocenters. The van der Waals surface area contributed by atoms with Gasteiger partial charge in [0.05, 0.1) is 11.3 Å². The largest absolute Gasteiger partial charge is 0.399 e. The zero-order valence-corrected chi connectivity index (χ0v) is 10.2. The molecule has 86 valence electrons. The maximum Gasteiger partial charge on any atom is 0.101 e. The number of nitrogen functional groups attached to an aromatic ring is 1. The molecular weight excluding hydrogens is 198 g/mol. The van der Waals surface area contributed by atoms with E-state index in [4.69, 9.17) is 11.0 Å². The standard InChI is InChI=1S/C13H19N3/c1-13(2,3)6-7-16-12-5-4-11(15)8-10(12)9-14/h4-5,8,16H,6-7,15H2,1-3H3. The van der Waals surface area contributed by atoms with Gasteiger partial charge < -0.3 is 11.1 Å². The van der Waals surface area contributed by atoms with Gasteiger partial charge in [0.15, 0.2) is 0 Å². The number of anilines is 2. The van der Waals surface area contributed by atoms with Crippen molar-refractivity contribution in [2.45, 2.75) is 27.2 Å². The van der Waals surface area contributed by atoms with Gasteiger partial charge in [-0.3, -0.25) is 0 Å². The van der Waals surface area contributed by atoms with Crippen LogP contribution in [0, 0.1) is 16.7 Å². The van der Waals surface area contributed by atoms with E-state index in [1.165, 1.54) is 0 Å². The summed E-state index contributed by atoms with van der Waals surface area (Å²) in [5, 5.41) is 12.2. The lowest BCUT2D eigenvalue weighted by molar-refractivity contribution is 0.390. The van der Waals surface area contributed by atoms with Gasteiger partial charge in [-0.1, -0.05) is 20.8 Å². The smallest absolute Gasteiger partial charge is 0.101 e. The fourth-order valence-electron chi connectivity index (χ4n) is 1.38. The quantitative estimate of drug-likeness (QED) is 0.765. The van der Waals surface area contributed by atoms with Crippen molar-refractivity contribution in [1.29, 1.82) is 5.26 Å². The summed E-state index contributed by atoms with van der Waals surface area (Å²) in [5.41, 5.74) is 8.01. The molecule has 0 spiro atoms. The number of rotatable bonds is 3. The molecule has 0 radical (unpaired) electrons. The number of hydrogen-bond acceptors (Lipinski definition) is 3. The van der Waals surface area contributed by atoms with E-state index in [9.17, 15) is 0 Å². The van der Waals surface area contributed by atoms with Crippen LogP contribution in [0.3, 0.4) is 0 Å². The van der Waals surface area contributed by atoms with Crippen molar-refractivity contribution in [3.8, 4) is 6.07 Å². The van der Waals surface area contributed by atoms with E-state index in [0.717, 1.165) is 18.7 Å². The van der Waals surface area contributed by atoms with Gasteiger partial charge in [0, 0.05) is 12.2 Å². The van der Waals surface area contributed by atoms with E-state index in [0.29, 0.717) is 16.7 Å². The molecule has 1 rings (SSSR count). The van der Waals surface area contributed by atoms with Crippen LogP contribution in [0.5, 0.6) is 0 Å². The predicted molar refractivity (Wildman–Crippen MR) is 68.1 cm³/mol. The minimum atomic E-state index is 0.299. The highest BCUT2D eigenvalue weighted by Gasteiger charge is 2.09. The zero-order valence-electron chi connectivity index (χ0n) is 10.2. The van der Waals surface area contributed by atoms with Crippen molar-refractivity contribution < 1.29 is 0 Å². The third-order valence-corrected chi connectivity index (χ3v) is 2.35. The van der Waals surface area contributed by atoms with Crippen molar-refractivity contribution in [3.63, 3.8) is 0 Å². The molecule has 3 nitrogen and oxygen atoms in total. The summed E-state index contributed by atoms with van der Waals surface area (Å²) in [5.74, 6) is 0. The molecule has 3 heteroatoms. The van der Waals surface area contributed by atoms with E-state index in [1.807, 2.05) is 6.07 Å².